The number of aliphatic hydroxyl groups excluding tert-OH is 1. The van der Waals surface area contributed by atoms with Gasteiger partial charge in [-0.25, -0.2) is 0 Å². The van der Waals surface area contributed by atoms with Gasteiger partial charge in [0.05, 0.1) is 0 Å². The summed E-state index contributed by atoms with van der Waals surface area (Å²) in [5.74, 6) is 0. The van der Waals surface area contributed by atoms with Crippen LogP contribution in [0.4, 0.5) is 0 Å². The summed E-state index contributed by atoms with van der Waals surface area (Å²) in [7, 11) is 4.40. The van der Waals surface area contributed by atoms with Crippen LogP contribution in [-0.4, -0.2) is 49.3 Å². The molecule has 2 fully saturated rings. The smallest absolute Gasteiger partial charge is 0.0499 e. The molecule has 0 spiro atoms. The van der Waals surface area contributed by atoms with Gasteiger partial charge < -0.3 is 15.3 Å². The van der Waals surface area contributed by atoms with E-state index in [0.717, 1.165) is 13.1 Å². The van der Waals surface area contributed by atoms with Gasteiger partial charge in [-0.2, -0.15) is 0 Å². The van der Waals surface area contributed by atoms with E-state index >= 15 is 0 Å². The second kappa shape index (κ2) is 5.89. The minimum Gasteiger partial charge on any atom is -0.396 e. The Morgan fingerprint density at radius 3 is 2.06 bits per heavy atom. The van der Waals surface area contributed by atoms with Crippen LogP contribution in [0.5, 0.6) is 0 Å². The van der Waals surface area contributed by atoms with Gasteiger partial charge in [-0.05, 0) is 46.2 Å². The first-order valence-corrected chi connectivity index (χ1v) is 7.62. The van der Waals surface area contributed by atoms with Gasteiger partial charge in [0.1, 0.15) is 0 Å². The number of likely N-dealkylation sites (N-methyl/N-ethyl adjacent to an activating group) is 1. The Balaban J connectivity index is 1.79. The molecule has 2 N–H and O–H groups in total. The number of hydrogen-bond donors (Lipinski definition) is 2. The third kappa shape index (κ3) is 2.89. The molecule has 2 saturated carbocycles. The summed E-state index contributed by atoms with van der Waals surface area (Å²) in [6.45, 7) is 2.44. The number of rotatable bonds is 6. The molecule has 2 aliphatic carbocycles. The van der Waals surface area contributed by atoms with Crippen molar-refractivity contribution in [3.05, 3.63) is 0 Å². The summed E-state index contributed by atoms with van der Waals surface area (Å²) in [5, 5.41) is 13.4. The average Bonchev–Trinajstić information content (AvgIpc) is 2.33. The van der Waals surface area contributed by atoms with E-state index in [1.165, 1.54) is 51.4 Å². The normalized spacial score (nSPS) is 26.0. The van der Waals surface area contributed by atoms with E-state index in [2.05, 4.69) is 24.3 Å². The number of aliphatic hydroxyl groups is 1. The van der Waals surface area contributed by atoms with Crippen LogP contribution in [0.25, 0.3) is 0 Å². The van der Waals surface area contributed by atoms with Gasteiger partial charge in [-0.15, -0.1) is 0 Å². The fourth-order valence-corrected chi connectivity index (χ4v) is 3.62. The molecule has 0 aromatic carbocycles. The summed E-state index contributed by atoms with van der Waals surface area (Å²) in [5.41, 5.74) is 0.570. The summed E-state index contributed by atoms with van der Waals surface area (Å²) < 4.78 is 0. The maximum Gasteiger partial charge on any atom is 0.0499 e. The van der Waals surface area contributed by atoms with Crippen molar-refractivity contribution in [2.24, 2.45) is 5.41 Å². The Labute approximate surface area is 112 Å². The van der Waals surface area contributed by atoms with Crippen molar-refractivity contribution in [1.82, 2.24) is 10.2 Å². The molecule has 0 saturated heterocycles. The first-order valence-electron chi connectivity index (χ1n) is 7.62. The lowest BCUT2D eigenvalue weighted by molar-refractivity contribution is 0.0434. The lowest BCUT2D eigenvalue weighted by atomic mass is 9.73. The van der Waals surface area contributed by atoms with Crippen molar-refractivity contribution in [2.45, 2.75) is 56.9 Å². The van der Waals surface area contributed by atoms with E-state index in [1.807, 2.05) is 0 Å². The molecule has 0 amide bonds. The highest BCUT2D eigenvalue weighted by atomic mass is 16.3. The Morgan fingerprint density at radius 2 is 1.61 bits per heavy atom. The Morgan fingerprint density at radius 1 is 0.944 bits per heavy atom. The zero-order valence-electron chi connectivity index (χ0n) is 12.2. The first-order chi connectivity index (χ1) is 8.63. The summed E-state index contributed by atoms with van der Waals surface area (Å²) in [6.07, 6.45) is 10.3. The van der Waals surface area contributed by atoms with Crippen molar-refractivity contribution in [2.75, 3.05) is 33.8 Å². The molecule has 0 unspecified atom stereocenters. The molecule has 3 nitrogen and oxygen atoms in total. The van der Waals surface area contributed by atoms with Gasteiger partial charge >= 0.3 is 0 Å². The average molecular weight is 254 g/mol. The van der Waals surface area contributed by atoms with Crippen molar-refractivity contribution in [3.8, 4) is 0 Å². The SMILES string of the molecule is CN(C)C1(CNCC2(CO)CCCCC2)CCC1. The summed E-state index contributed by atoms with van der Waals surface area (Å²) >= 11 is 0. The maximum atomic E-state index is 9.70. The molecule has 0 radical (unpaired) electrons. The highest BCUT2D eigenvalue weighted by Gasteiger charge is 2.39. The highest BCUT2D eigenvalue weighted by molar-refractivity contribution is 4.98. The molecule has 2 rings (SSSR count). The molecule has 2 aliphatic rings. The van der Waals surface area contributed by atoms with Crippen molar-refractivity contribution < 1.29 is 5.11 Å². The predicted molar refractivity (Wildman–Crippen MR) is 75.7 cm³/mol. The van der Waals surface area contributed by atoms with Crippen molar-refractivity contribution >= 4 is 0 Å². The van der Waals surface area contributed by atoms with Crippen LogP contribution in [-0.2, 0) is 0 Å². The molecule has 0 heterocycles. The van der Waals surface area contributed by atoms with Gasteiger partial charge in [0.2, 0.25) is 0 Å². The fraction of sp³-hybridized carbons (Fsp3) is 1.00. The predicted octanol–water partition coefficient (Wildman–Crippen LogP) is 2.00. The molecular weight excluding hydrogens is 224 g/mol. The number of nitrogens with zero attached hydrogens (tertiary/aromatic N) is 1. The standard InChI is InChI=1S/C15H30N2O/c1-17(2)15(9-6-10-15)12-16-11-14(13-18)7-4-3-5-8-14/h16,18H,3-13H2,1-2H3. The molecule has 18 heavy (non-hydrogen) atoms. The first kappa shape index (κ1) is 14.3. The highest BCUT2D eigenvalue weighted by Crippen LogP contribution is 2.37. The Kier molecular flexibility index (Phi) is 4.68. The maximum absolute atomic E-state index is 9.70. The van der Waals surface area contributed by atoms with Gasteiger partial charge in [0.25, 0.3) is 0 Å². The quantitative estimate of drug-likeness (QED) is 0.761. The Bertz CT molecular complexity index is 255. The van der Waals surface area contributed by atoms with Crippen LogP contribution in [0, 0.1) is 5.41 Å². The second-order valence-electron chi connectivity index (χ2n) is 6.79. The van der Waals surface area contributed by atoms with Crippen LogP contribution in [0.3, 0.4) is 0 Å². The van der Waals surface area contributed by atoms with E-state index in [1.54, 1.807) is 0 Å². The molecule has 106 valence electrons. The molecule has 0 aliphatic heterocycles. The van der Waals surface area contributed by atoms with Crippen molar-refractivity contribution in [1.29, 1.82) is 0 Å². The minimum absolute atomic E-state index is 0.176. The van der Waals surface area contributed by atoms with E-state index in [4.69, 9.17) is 0 Å². The van der Waals surface area contributed by atoms with E-state index in [0.29, 0.717) is 12.1 Å². The lowest BCUT2D eigenvalue weighted by Gasteiger charge is -2.48. The van der Waals surface area contributed by atoms with Crippen LogP contribution < -0.4 is 5.32 Å². The van der Waals surface area contributed by atoms with Crippen LogP contribution >= 0.6 is 0 Å². The summed E-state index contributed by atoms with van der Waals surface area (Å²) in [6, 6.07) is 0. The second-order valence-corrected chi connectivity index (χ2v) is 6.79. The van der Waals surface area contributed by atoms with Gasteiger partial charge in [-0.1, -0.05) is 19.3 Å². The monoisotopic (exact) mass is 254 g/mol. The lowest BCUT2D eigenvalue weighted by Crippen LogP contribution is -2.57. The molecule has 0 atom stereocenters. The molecule has 3 heteroatoms. The molecule has 0 bridgehead atoms. The zero-order valence-corrected chi connectivity index (χ0v) is 12.2. The molecule has 0 aromatic rings. The molecular formula is C15H30N2O. The van der Waals surface area contributed by atoms with Gasteiger partial charge in [0, 0.05) is 30.7 Å². The summed E-state index contributed by atoms with van der Waals surface area (Å²) in [4.78, 5) is 2.38. The number of hydrogen-bond acceptors (Lipinski definition) is 3. The van der Waals surface area contributed by atoms with Crippen LogP contribution in [0.15, 0.2) is 0 Å². The van der Waals surface area contributed by atoms with Crippen LogP contribution in [0.1, 0.15) is 51.4 Å². The third-order valence-corrected chi connectivity index (χ3v) is 5.44. The van der Waals surface area contributed by atoms with Gasteiger partial charge in [0.15, 0.2) is 0 Å². The fourth-order valence-electron chi connectivity index (χ4n) is 3.62. The number of nitrogens with one attached hydrogen (secondary N) is 1. The van der Waals surface area contributed by atoms with Crippen LogP contribution in [0.2, 0.25) is 0 Å². The van der Waals surface area contributed by atoms with Gasteiger partial charge in [-0.3, -0.25) is 0 Å². The third-order valence-electron chi connectivity index (χ3n) is 5.44. The van der Waals surface area contributed by atoms with E-state index in [9.17, 15) is 5.11 Å². The van der Waals surface area contributed by atoms with E-state index < -0.39 is 0 Å². The Hall–Kier alpha value is -0.120. The zero-order chi connectivity index (χ0) is 13.1. The van der Waals surface area contributed by atoms with Crippen molar-refractivity contribution in [3.63, 3.8) is 0 Å². The minimum atomic E-state index is 0.176. The molecule has 0 aromatic heterocycles. The topological polar surface area (TPSA) is 35.5 Å². The van der Waals surface area contributed by atoms with E-state index in [-0.39, 0.29) is 5.41 Å². The largest absolute Gasteiger partial charge is 0.396 e.